The molecule has 0 aliphatic heterocycles. The average molecular weight is 455 g/mol. The van der Waals surface area contributed by atoms with Gasteiger partial charge < -0.3 is 5.32 Å². The van der Waals surface area contributed by atoms with Crippen LogP contribution in [0.15, 0.2) is 65.6 Å². The first-order chi connectivity index (χ1) is 14.9. The lowest BCUT2D eigenvalue weighted by molar-refractivity contribution is 0.413. The zero-order valence-electron chi connectivity index (χ0n) is 17.4. The summed E-state index contributed by atoms with van der Waals surface area (Å²) in [5.41, 5.74) is 3.66. The molecule has 31 heavy (non-hydrogen) atoms. The molecular formula is C23H26N4O2S2. The van der Waals surface area contributed by atoms with E-state index in [0.717, 1.165) is 48.3 Å². The van der Waals surface area contributed by atoms with E-state index in [1.165, 1.54) is 6.42 Å². The quantitative estimate of drug-likeness (QED) is 0.561. The van der Waals surface area contributed by atoms with Crippen molar-refractivity contribution in [1.82, 2.24) is 19.8 Å². The number of aryl methyl sites for hydroxylation is 1. The number of nitrogens with one attached hydrogen (secondary N) is 2. The number of thiocarbonyl (C=S) groups is 1. The maximum atomic E-state index is 12.8. The Bertz CT molecular complexity index is 1150. The van der Waals surface area contributed by atoms with Crippen molar-refractivity contribution in [3.8, 4) is 16.9 Å². The minimum Gasteiger partial charge on any atom is -0.359 e. The van der Waals surface area contributed by atoms with Gasteiger partial charge in [-0.2, -0.15) is 5.10 Å². The predicted molar refractivity (Wildman–Crippen MR) is 127 cm³/mol. The third-order valence-corrected chi connectivity index (χ3v) is 7.17. The molecule has 1 saturated carbocycles. The molecule has 1 heterocycles. The van der Waals surface area contributed by atoms with Crippen LogP contribution in [0.25, 0.3) is 16.9 Å². The van der Waals surface area contributed by atoms with Gasteiger partial charge in [-0.1, -0.05) is 49.6 Å². The number of nitrogens with zero attached hydrogens (tertiary/aromatic N) is 2. The van der Waals surface area contributed by atoms with E-state index in [0.29, 0.717) is 0 Å². The Kier molecular flexibility index (Phi) is 6.38. The summed E-state index contributed by atoms with van der Waals surface area (Å²) in [5, 5.41) is 7.88. The first-order valence-corrected chi connectivity index (χ1v) is 12.4. The van der Waals surface area contributed by atoms with Gasteiger partial charge in [0.15, 0.2) is 5.11 Å². The van der Waals surface area contributed by atoms with Crippen LogP contribution < -0.4 is 10.0 Å². The maximum Gasteiger partial charge on any atom is 0.263 e. The summed E-state index contributed by atoms with van der Waals surface area (Å²) in [6, 6.07) is 18.9. The van der Waals surface area contributed by atoms with Crippen LogP contribution in [0, 0.1) is 6.92 Å². The lowest BCUT2D eigenvalue weighted by Gasteiger charge is -2.24. The van der Waals surface area contributed by atoms with Crippen LogP contribution in [0.3, 0.4) is 0 Å². The van der Waals surface area contributed by atoms with Crippen LogP contribution >= 0.6 is 12.2 Å². The highest BCUT2D eigenvalue weighted by Crippen LogP contribution is 2.24. The fraction of sp³-hybridized carbons (Fsp3) is 0.304. The standard InChI is InChI=1S/C23H26N4O2S2/c1-17-16-22(18-8-4-2-5-9-18)27(25-17)20-12-14-21(15-13-20)31(28,29)26-23(30)24-19-10-6-3-7-11-19/h2,4-5,8-9,12-16,19H,3,6-7,10-11H2,1H3,(H2,24,26,30). The lowest BCUT2D eigenvalue weighted by Crippen LogP contribution is -2.44. The summed E-state index contributed by atoms with van der Waals surface area (Å²) >= 11 is 5.24. The van der Waals surface area contributed by atoms with E-state index in [9.17, 15) is 8.42 Å². The van der Waals surface area contributed by atoms with E-state index in [4.69, 9.17) is 12.2 Å². The van der Waals surface area contributed by atoms with Gasteiger partial charge in [-0.25, -0.2) is 13.1 Å². The zero-order chi connectivity index (χ0) is 21.8. The second kappa shape index (κ2) is 9.20. The summed E-state index contributed by atoms with van der Waals surface area (Å²) in [5.74, 6) is 0. The molecule has 0 bridgehead atoms. The van der Waals surface area contributed by atoms with E-state index in [1.54, 1.807) is 24.3 Å². The number of sulfonamides is 1. The third-order valence-electron chi connectivity index (χ3n) is 5.46. The fourth-order valence-corrected chi connectivity index (χ4v) is 5.33. The predicted octanol–water partition coefficient (Wildman–Crippen LogP) is 4.33. The Morgan fingerprint density at radius 2 is 1.71 bits per heavy atom. The van der Waals surface area contributed by atoms with Crippen LogP contribution in [-0.2, 0) is 10.0 Å². The Hall–Kier alpha value is -2.71. The number of hydrogen-bond donors (Lipinski definition) is 2. The molecule has 0 spiro atoms. The topological polar surface area (TPSA) is 76.0 Å². The van der Waals surface area contributed by atoms with Crippen LogP contribution in [0.4, 0.5) is 0 Å². The molecule has 0 radical (unpaired) electrons. The summed E-state index contributed by atoms with van der Waals surface area (Å²) in [6.45, 7) is 1.94. The number of aromatic nitrogens is 2. The molecule has 0 unspecified atom stereocenters. The van der Waals surface area contributed by atoms with Crippen LogP contribution in [0.5, 0.6) is 0 Å². The molecule has 2 N–H and O–H groups in total. The molecule has 1 aliphatic rings. The van der Waals surface area contributed by atoms with Gasteiger partial charge in [0.2, 0.25) is 0 Å². The highest BCUT2D eigenvalue weighted by molar-refractivity contribution is 7.91. The molecule has 0 atom stereocenters. The van der Waals surface area contributed by atoms with E-state index >= 15 is 0 Å². The number of rotatable bonds is 5. The van der Waals surface area contributed by atoms with Gasteiger partial charge in [0.25, 0.3) is 10.0 Å². The van der Waals surface area contributed by atoms with Gasteiger partial charge in [-0.15, -0.1) is 0 Å². The van der Waals surface area contributed by atoms with Crippen LogP contribution in [0.2, 0.25) is 0 Å². The molecule has 2 aromatic carbocycles. The van der Waals surface area contributed by atoms with Crippen molar-refractivity contribution in [1.29, 1.82) is 0 Å². The molecule has 1 fully saturated rings. The molecule has 1 aromatic heterocycles. The average Bonchev–Trinajstić information content (AvgIpc) is 3.16. The van der Waals surface area contributed by atoms with Crippen molar-refractivity contribution >= 4 is 27.4 Å². The van der Waals surface area contributed by atoms with Gasteiger partial charge in [0.05, 0.1) is 22.0 Å². The van der Waals surface area contributed by atoms with Crippen molar-refractivity contribution in [2.75, 3.05) is 0 Å². The summed E-state index contributed by atoms with van der Waals surface area (Å²) in [6.07, 6.45) is 5.55. The molecule has 3 aromatic rings. The molecule has 8 heteroatoms. The normalized spacial score (nSPS) is 14.9. The first-order valence-electron chi connectivity index (χ1n) is 10.5. The largest absolute Gasteiger partial charge is 0.359 e. The van der Waals surface area contributed by atoms with Gasteiger partial charge in [0, 0.05) is 11.6 Å². The Morgan fingerprint density at radius 1 is 1.03 bits per heavy atom. The van der Waals surface area contributed by atoms with E-state index < -0.39 is 10.0 Å². The minimum absolute atomic E-state index is 0.157. The summed E-state index contributed by atoms with van der Waals surface area (Å²) in [7, 11) is -3.75. The second-order valence-corrected chi connectivity index (χ2v) is 9.95. The molecule has 0 saturated heterocycles. The van der Waals surface area contributed by atoms with Gasteiger partial charge in [0.1, 0.15) is 0 Å². The van der Waals surface area contributed by atoms with Crippen molar-refractivity contribution in [3.05, 3.63) is 66.4 Å². The van der Waals surface area contributed by atoms with Crippen molar-refractivity contribution < 1.29 is 8.42 Å². The Morgan fingerprint density at radius 3 is 2.39 bits per heavy atom. The molecule has 0 amide bonds. The van der Waals surface area contributed by atoms with E-state index in [-0.39, 0.29) is 16.0 Å². The van der Waals surface area contributed by atoms with Crippen molar-refractivity contribution in [2.45, 2.75) is 50.0 Å². The highest BCUT2D eigenvalue weighted by atomic mass is 32.2. The van der Waals surface area contributed by atoms with Gasteiger partial charge >= 0.3 is 0 Å². The summed E-state index contributed by atoms with van der Waals surface area (Å²) in [4.78, 5) is 0.161. The van der Waals surface area contributed by atoms with Crippen LogP contribution in [-0.4, -0.2) is 29.4 Å². The summed E-state index contributed by atoms with van der Waals surface area (Å²) < 4.78 is 29.8. The zero-order valence-corrected chi connectivity index (χ0v) is 19.0. The van der Waals surface area contributed by atoms with Gasteiger partial charge in [-0.3, -0.25) is 4.72 Å². The van der Waals surface area contributed by atoms with Crippen LogP contribution in [0.1, 0.15) is 37.8 Å². The van der Waals surface area contributed by atoms with Crippen molar-refractivity contribution in [3.63, 3.8) is 0 Å². The first kappa shape index (κ1) is 21.5. The lowest BCUT2D eigenvalue weighted by atomic mass is 9.96. The Balaban J connectivity index is 1.51. The SMILES string of the molecule is Cc1cc(-c2ccccc2)n(-c2ccc(S(=O)(=O)NC(=S)NC3CCCCC3)cc2)n1. The third kappa shape index (κ3) is 5.14. The highest BCUT2D eigenvalue weighted by Gasteiger charge is 2.19. The maximum absolute atomic E-state index is 12.8. The molecule has 4 rings (SSSR count). The number of benzene rings is 2. The van der Waals surface area contributed by atoms with Gasteiger partial charge in [-0.05, 0) is 62.3 Å². The second-order valence-electron chi connectivity index (χ2n) is 7.86. The van der Waals surface area contributed by atoms with E-state index in [2.05, 4.69) is 15.1 Å². The monoisotopic (exact) mass is 454 g/mol. The Labute approximate surface area is 188 Å². The van der Waals surface area contributed by atoms with E-state index in [1.807, 2.05) is 48.0 Å². The fourth-order valence-electron chi connectivity index (χ4n) is 3.92. The molecule has 162 valence electrons. The smallest absolute Gasteiger partial charge is 0.263 e. The molecular weight excluding hydrogens is 428 g/mol. The molecule has 6 nitrogen and oxygen atoms in total. The number of hydrogen-bond acceptors (Lipinski definition) is 4. The van der Waals surface area contributed by atoms with Crippen molar-refractivity contribution in [2.24, 2.45) is 0 Å². The minimum atomic E-state index is -3.75. The molecule has 1 aliphatic carbocycles.